The van der Waals surface area contributed by atoms with Gasteiger partial charge in [0.15, 0.2) is 0 Å². The van der Waals surface area contributed by atoms with Crippen molar-refractivity contribution in [2.45, 2.75) is 200 Å². The van der Waals surface area contributed by atoms with E-state index in [9.17, 15) is 9.36 Å². The van der Waals surface area contributed by atoms with Gasteiger partial charge in [0.2, 0.25) is 0 Å². The van der Waals surface area contributed by atoms with Crippen molar-refractivity contribution in [1.29, 1.82) is 0 Å². The van der Waals surface area contributed by atoms with Gasteiger partial charge in [-0.2, -0.15) is 0 Å². The van der Waals surface area contributed by atoms with Crippen LogP contribution in [0.3, 0.4) is 0 Å². The molecule has 1 unspecified atom stereocenters. The first kappa shape index (κ1) is 44.3. The largest absolute Gasteiger partial charge is 0.469 e. The van der Waals surface area contributed by atoms with Crippen LogP contribution in [0.2, 0.25) is 0 Å². The number of hydrogen-bond donors (Lipinski definition) is 2. The van der Waals surface area contributed by atoms with E-state index < -0.39 is 13.9 Å². The number of esters is 1. The molecule has 0 radical (unpaired) electrons. The summed E-state index contributed by atoms with van der Waals surface area (Å²) in [7, 11) is -4.64. The minimum atomic E-state index is -4.64. The first-order valence-corrected chi connectivity index (χ1v) is 20.5. The summed E-state index contributed by atoms with van der Waals surface area (Å²) in [6, 6.07) is 0. The molecule has 8 heteroatoms. The summed E-state index contributed by atoms with van der Waals surface area (Å²) in [4.78, 5) is 30.5. The van der Waals surface area contributed by atoms with E-state index in [2.05, 4.69) is 30.5 Å². The van der Waals surface area contributed by atoms with Crippen LogP contribution in [0.5, 0.6) is 0 Å². The molecule has 0 aliphatic rings. The molecule has 0 rings (SSSR count). The maximum absolute atomic E-state index is 12.3. The standard InChI is InChI=1S/C37H73O7P/c1-3-5-7-9-11-13-15-17-19-20-22-24-26-28-30-32-37(38)44-36(35-43-45(39,40)41)34-42-33-31-29-27-25-23-21-18-16-14-12-10-8-6-4-2/h17,19,36H,3-16,18,20-35H2,1-2H3,(H2,39,40,41)/b19-17-. The van der Waals surface area contributed by atoms with Crippen LogP contribution in [0, 0.1) is 0 Å². The van der Waals surface area contributed by atoms with Crippen LogP contribution in [-0.4, -0.2) is 41.7 Å². The summed E-state index contributed by atoms with van der Waals surface area (Å²) < 4.78 is 26.9. The Kier molecular flexibility index (Phi) is 34.1. The van der Waals surface area contributed by atoms with Gasteiger partial charge in [-0.1, -0.05) is 161 Å². The van der Waals surface area contributed by atoms with E-state index in [1.165, 1.54) is 128 Å². The van der Waals surface area contributed by atoms with Gasteiger partial charge in [-0.25, -0.2) is 4.57 Å². The molecule has 1 atom stereocenters. The number of phosphoric ester groups is 1. The van der Waals surface area contributed by atoms with Crippen molar-refractivity contribution in [3.05, 3.63) is 12.2 Å². The first-order valence-electron chi connectivity index (χ1n) is 19.0. The van der Waals surface area contributed by atoms with Gasteiger partial charge >= 0.3 is 13.8 Å². The highest BCUT2D eigenvalue weighted by atomic mass is 31.2. The van der Waals surface area contributed by atoms with Crippen LogP contribution in [-0.2, 0) is 23.4 Å². The Morgan fingerprint density at radius 1 is 0.578 bits per heavy atom. The third-order valence-electron chi connectivity index (χ3n) is 8.32. The Labute approximate surface area is 278 Å². The minimum Gasteiger partial charge on any atom is -0.457 e. The highest BCUT2D eigenvalue weighted by Crippen LogP contribution is 2.36. The van der Waals surface area contributed by atoms with Crippen LogP contribution in [0.1, 0.15) is 194 Å². The van der Waals surface area contributed by atoms with E-state index in [0.29, 0.717) is 13.0 Å². The molecule has 7 nitrogen and oxygen atoms in total. The van der Waals surface area contributed by atoms with Crippen molar-refractivity contribution in [1.82, 2.24) is 0 Å². The van der Waals surface area contributed by atoms with Crippen LogP contribution in [0.4, 0.5) is 0 Å². The fourth-order valence-corrected chi connectivity index (χ4v) is 5.86. The minimum absolute atomic E-state index is 0.0799. The summed E-state index contributed by atoms with van der Waals surface area (Å²) in [5.74, 6) is -0.368. The number of unbranched alkanes of at least 4 members (excludes halogenated alkanes) is 24. The van der Waals surface area contributed by atoms with Crippen LogP contribution in [0.25, 0.3) is 0 Å². The van der Waals surface area contributed by atoms with E-state index >= 15 is 0 Å². The number of hydrogen-bond acceptors (Lipinski definition) is 5. The van der Waals surface area contributed by atoms with Gasteiger partial charge in [0.25, 0.3) is 0 Å². The number of phosphoric acid groups is 1. The zero-order valence-corrected chi connectivity index (χ0v) is 30.4. The summed E-state index contributed by atoms with van der Waals surface area (Å²) in [6.07, 6.45) is 37.7. The maximum atomic E-state index is 12.3. The SMILES string of the molecule is CCCCCCCC/C=C\CCCCCCCC(=O)OC(COCCCCCCCCCCCCCCCC)COP(=O)(O)O. The van der Waals surface area contributed by atoms with Gasteiger partial charge in [-0.3, -0.25) is 9.32 Å². The third kappa shape index (κ3) is 37.6. The number of carbonyl (C=O) groups is 1. The Hall–Kier alpha value is -0.720. The lowest BCUT2D eigenvalue weighted by Crippen LogP contribution is -2.28. The first-order chi connectivity index (χ1) is 21.9. The zero-order chi connectivity index (χ0) is 33.1. The predicted molar refractivity (Wildman–Crippen MR) is 188 cm³/mol. The van der Waals surface area contributed by atoms with E-state index in [0.717, 1.165) is 44.9 Å². The molecule has 0 aliphatic carbocycles. The number of ether oxygens (including phenoxy) is 2. The summed E-state index contributed by atoms with van der Waals surface area (Å²) in [5.41, 5.74) is 0. The van der Waals surface area contributed by atoms with Gasteiger partial charge in [-0.05, 0) is 38.5 Å². The second-order valence-electron chi connectivity index (χ2n) is 12.9. The monoisotopic (exact) mass is 661 g/mol. The van der Waals surface area contributed by atoms with Crippen molar-refractivity contribution in [3.8, 4) is 0 Å². The lowest BCUT2D eigenvalue weighted by molar-refractivity contribution is -0.154. The Bertz CT molecular complexity index is 694. The molecule has 0 saturated heterocycles. The number of rotatable bonds is 36. The van der Waals surface area contributed by atoms with Crippen molar-refractivity contribution >= 4 is 13.8 Å². The van der Waals surface area contributed by atoms with Crippen molar-refractivity contribution in [2.24, 2.45) is 0 Å². The second kappa shape index (κ2) is 34.6. The molecule has 0 amide bonds. The molecule has 0 spiro atoms. The number of allylic oxidation sites excluding steroid dienone is 2. The summed E-state index contributed by atoms with van der Waals surface area (Å²) >= 11 is 0. The highest BCUT2D eigenvalue weighted by molar-refractivity contribution is 7.46. The molecule has 0 aromatic carbocycles. The average Bonchev–Trinajstić information content (AvgIpc) is 3.01. The molecule has 0 aliphatic heterocycles. The summed E-state index contributed by atoms with van der Waals surface area (Å²) in [5, 5.41) is 0. The molecule has 0 aromatic heterocycles. The topological polar surface area (TPSA) is 102 Å². The number of carbonyl (C=O) groups excluding carboxylic acids is 1. The third-order valence-corrected chi connectivity index (χ3v) is 8.80. The fraction of sp³-hybridized carbons (Fsp3) is 0.919. The molecule has 0 saturated carbocycles. The normalized spacial score (nSPS) is 12.7. The molecule has 0 aromatic rings. The fourth-order valence-electron chi connectivity index (χ4n) is 5.49. The van der Waals surface area contributed by atoms with Crippen LogP contribution < -0.4 is 0 Å². The highest BCUT2D eigenvalue weighted by Gasteiger charge is 2.21. The molecular formula is C37H73O7P. The maximum Gasteiger partial charge on any atom is 0.469 e. The van der Waals surface area contributed by atoms with E-state index in [1.54, 1.807) is 0 Å². The Morgan fingerprint density at radius 2 is 0.978 bits per heavy atom. The zero-order valence-electron chi connectivity index (χ0n) is 29.5. The van der Waals surface area contributed by atoms with Gasteiger partial charge in [0, 0.05) is 13.0 Å². The van der Waals surface area contributed by atoms with E-state index in [1.807, 2.05) is 0 Å². The Morgan fingerprint density at radius 3 is 1.42 bits per heavy atom. The summed E-state index contributed by atoms with van der Waals surface area (Å²) in [6.45, 7) is 4.76. The molecule has 2 N–H and O–H groups in total. The molecule has 0 fully saturated rings. The van der Waals surface area contributed by atoms with Crippen LogP contribution >= 0.6 is 7.82 Å². The van der Waals surface area contributed by atoms with E-state index in [4.69, 9.17) is 19.3 Å². The molecular weight excluding hydrogens is 587 g/mol. The van der Waals surface area contributed by atoms with Crippen molar-refractivity contribution in [3.63, 3.8) is 0 Å². The lowest BCUT2D eigenvalue weighted by Gasteiger charge is -2.18. The lowest BCUT2D eigenvalue weighted by atomic mass is 10.0. The van der Waals surface area contributed by atoms with Gasteiger partial charge in [0.1, 0.15) is 6.10 Å². The van der Waals surface area contributed by atoms with Crippen LogP contribution in [0.15, 0.2) is 12.2 Å². The quantitative estimate of drug-likeness (QED) is 0.0298. The molecule has 0 bridgehead atoms. The smallest absolute Gasteiger partial charge is 0.457 e. The van der Waals surface area contributed by atoms with E-state index in [-0.39, 0.29) is 19.2 Å². The second-order valence-corrected chi connectivity index (χ2v) is 14.1. The van der Waals surface area contributed by atoms with Crippen molar-refractivity contribution < 1.29 is 33.1 Å². The van der Waals surface area contributed by atoms with Gasteiger partial charge in [-0.15, -0.1) is 0 Å². The van der Waals surface area contributed by atoms with Gasteiger partial charge in [0.05, 0.1) is 13.2 Å². The predicted octanol–water partition coefficient (Wildman–Crippen LogP) is 11.5. The van der Waals surface area contributed by atoms with Gasteiger partial charge < -0.3 is 19.3 Å². The Balaban J connectivity index is 3.82. The molecule has 0 heterocycles. The average molecular weight is 661 g/mol. The molecule has 268 valence electrons. The molecule has 45 heavy (non-hydrogen) atoms. The van der Waals surface area contributed by atoms with Crippen molar-refractivity contribution in [2.75, 3.05) is 19.8 Å².